The second kappa shape index (κ2) is 6.80. The van der Waals surface area contributed by atoms with Crippen LogP contribution in [0.2, 0.25) is 0 Å². The van der Waals surface area contributed by atoms with E-state index in [0.717, 1.165) is 55.4 Å². The van der Waals surface area contributed by atoms with Crippen molar-refractivity contribution in [3.63, 3.8) is 0 Å². The fourth-order valence-corrected chi connectivity index (χ4v) is 5.19. The molecule has 1 amide bonds. The predicted molar refractivity (Wildman–Crippen MR) is 119 cm³/mol. The van der Waals surface area contributed by atoms with Gasteiger partial charge < -0.3 is 10.2 Å². The number of aliphatic imine (C=N–C) groups is 2. The van der Waals surface area contributed by atoms with Gasteiger partial charge in [0.15, 0.2) is 0 Å². The summed E-state index contributed by atoms with van der Waals surface area (Å²) < 4.78 is 1.96. The molecule has 2 fully saturated rings. The second-order valence-electron chi connectivity index (χ2n) is 9.67. The van der Waals surface area contributed by atoms with E-state index in [2.05, 4.69) is 32.1 Å². The third-order valence-electron chi connectivity index (χ3n) is 7.42. The molecule has 1 spiro atoms. The zero-order chi connectivity index (χ0) is 21.2. The first-order valence-electron chi connectivity index (χ1n) is 11.2. The lowest BCUT2D eigenvalue weighted by atomic mass is 9.98. The van der Waals surface area contributed by atoms with Gasteiger partial charge in [0.05, 0.1) is 12.6 Å². The van der Waals surface area contributed by atoms with Gasteiger partial charge in [-0.2, -0.15) is 0 Å². The number of anilines is 1. The summed E-state index contributed by atoms with van der Waals surface area (Å²) in [6.07, 6.45) is 10.2. The molecule has 160 valence electrons. The summed E-state index contributed by atoms with van der Waals surface area (Å²) in [4.78, 5) is 33.3. The van der Waals surface area contributed by atoms with Gasteiger partial charge in [0.1, 0.15) is 12.8 Å². The number of aromatic nitrogens is 2. The van der Waals surface area contributed by atoms with Gasteiger partial charge in [-0.25, -0.2) is 14.5 Å². The highest BCUT2D eigenvalue weighted by Gasteiger charge is 2.53. The van der Waals surface area contributed by atoms with Gasteiger partial charge in [0.2, 0.25) is 5.95 Å². The Labute approximate surface area is 181 Å². The van der Waals surface area contributed by atoms with Gasteiger partial charge in [0.25, 0.3) is 18.3 Å². The van der Waals surface area contributed by atoms with E-state index in [1.165, 1.54) is 24.0 Å². The van der Waals surface area contributed by atoms with Crippen LogP contribution in [-0.4, -0.2) is 70.4 Å². The molecule has 6 rings (SSSR count). The number of rotatable bonds is 5. The van der Waals surface area contributed by atoms with Gasteiger partial charge in [-0.3, -0.25) is 9.79 Å². The topological polar surface area (TPSA) is 85.9 Å². The largest absolute Gasteiger partial charge is 0.345 e. The average molecular weight is 419 g/mol. The molecule has 0 bridgehead atoms. The van der Waals surface area contributed by atoms with Crippen molar-refractivity contribution in [2.75, 3.05) is 24.5 Å². The summed E-state index contributed by atoms with van der Waals surface area (Å²) in [6.45, 7) is 7.63. The van der Waals surface area contributed by atoms with Crippen molar-refractivity contribution in [2.45, 2.75) is 58.2 Å². The van der Waals surface area contributed by atoms with Crippen molar-refractivity contribution in [2.24, 2.45) is 15.4 Å². The van der Waals surface area contributed by atoms with Crippen LogP contribution in [0.3, 0.4) is 0 Å². The first kappa shape index (κ1) is 18.8. The molecular weight excluding hydrogens is 390 g/mol. The van der Waals surface area contributed by atoms with Crippen LogP contribution in [0.15, 0.2) is 27.3 Å². The van der Waals surface area contributed by atoms with Crippen LogP contribution in [0, 0.1) is 12.3 Å². The standard InChI is InChI=1S/C23H27N7O/c1-14-16(7-25-22(27-14)30-11-23(12-30)5-6-23)9-29-10-20(26-13-29)21(31)28-19-4-3-17-15(2)24-8-18(17)19/h7,10,13,19-20H,3-6,8-9,11-12H2,1-2H3/p+1/t19-,20?/m1/s1. The molecule has 1 aromatic heterocycles. The number of carbonyl (C=O) groups is 1. The molecule has 3 aliphatic heterocycles. The van der Waals surface area contributed by atoms with Gasteiger partial charge in [-0.1, -0.05) is 4.99 Å². The lowest BCUT2D eigenvalue weighted by molar-refractivity contribution is -0.408. The first-order valence-corrected chi connectivity index (χ1v) is 11.2. The van der Waals surface area contributed by atoms with Crippen molar-refractivity contribution in [3.05, 3.63) is 28.6 Å². The molecule has 4 heterocycles. The zero-order valence-electron chi connectivity index (χ0n) is 18.1. The van der Waals surface area contributed by atoms with Gasteiger partial charge in [0, 0.05) is 41.7 Å². The fourth-order valence-electron chi connectivity index (χ4n) is 5.19. The van der Waals surface area contributed by atoms with Crippen molar-refractivity contribution in [1.29, 1.82) is 0 Å². The number of hydrogen-bond acceptors (Lipinski definition) is 6. The Bertz CT molecular complexity index is 1090. The second-order valence-corrected chi connectivity index (χ2v) is 9.67. The molecule has 2 atom stereocenters. The summed E-state index contributed by atoms with van der Waals surface area (Å²) in [5.41, 5.74) is 6.39. The number of nitrogens with one attached hydrogen (secondary N) is 1. The van der Waals surface area contributed by atoms with E-state index in [-0.39, 0.29) is 11.9 Å². The molecule has 1 N–H and O–H groups in total. The van der Waals surface area contributed by atoms with Gasteiger partial charge >= 0.3 is 0 Å². The van der Waals surface area contributed by atoms with E-state index in [9.17, 15) is 4.79 Å². The number of carbonyl (C=O) groups excluding carboxylic acids is 1. The average Bonchev–Trinajstić information content (AvgIpc) is 3.04. The van der Waals surface area contributed by atoms with Gasteiger partial charge in [-0.05, 0) is 50.7 Å². The summed E-state index contributed by atoms with van der Waals surface area (Å²) in [5.74, 6) is 0.795. The Morgan fingerprint density at radius 3 is 2.94 bits per heavy atom. The van der Waals surface area contributed by atoms with Crippen LogP contribution >= 0.6 is 0 Å². The lowest BCUT2D eigenvalue weighted by Crippen LogP contribution is -2.49. The Balaban J connectivity index is 1.08. The highest BCUT2D eigenvalue weighted by Crippen LogP contribution is 2.53. The minimum absolute atomic E-state index is 0.0443. The van der Waals surface area contributed by atoms with E-state index in [4.69, 9.17) is 4.98 Å². The Morgan fingerprint density at radius 1 is 1.32 bits per heavy atom. The maximum atomic E-state index is 12.8. The third-order valence-corrected chi connectivity index (χ3v) is 7.42. The summed E-state index contributed by atoms with van der Waals surface area (Å²) in [7, 11) is 0. The van der Waals surface area contributed by atoms with Crippen LogP contribution in [-0.2, 0) is 11.3 Å². The Morgan fingerprint density at radius 2 is 2.16 bits per heavy atom. The maximum Gasteiger partial charge on any atom is 0.281 e. The van der Waals surface area contributed by atoms with E-state index in [0.29, 0.717) is 12.0 Å². The van der Waals surface area contributed by atoms with Crippen molar-refractivity contribution in [3.8, 4) is 0 Å². The quantitative estimate of drug-likeness (QED) is 0.733. The van der Waals surface area contributed by atoms with Crippen LogP contribution in [0.1, 0.15) is 43.9 Å². The van der Waals surface area contributed by atoms with E-state index in [1.807, 2.05) is 23.9 Å². The normalized spacial score (nSPS) is 27.4. The summed E-state index contributed by atoms with van der Waals surface area (Å²) in [5, 5.41) is 3.18. The van der Waals surface area contributed by atoms with Crippen LogP contribution in [0.4, 0.5) is 5.95 Å². The lowest BCUT2D eigenvalue weighted by Gasteiger charge is -2.40. The highest BCUT2D eigenvalue weighted by atomic mass is 16.2. The molecule has 31 heavy (non-hydrogen) atoms. The molecule has 8 heteroatoms. The smallest absolute Gasteiger partial charge is 0.281 e. The van der Waals surface area contributed by atoms with Crippen molar-refractivity contribution in [1.82, 2.24) is 15.3 Å². The maximum absolute atomic E-state index is 12.8. The van der Waals surface area contributed by atoms with Crippen LogP contribution in [0.25, 0.3) is 0 Å². The Kier molecular flexibility index (Phi) is 4.13. The summed E-state index contributed by atoms with van der Waals surface area (Å²) >= 11 is 0. The number of hydrogen-bond donors (Lipinski definition) is 1. The molecule has 1 saturated carbocycles. The molecule has 5 aliphatic rings. The molecule has 0 aromatic carbocycles. The van der Waals surface area contributed by atoms with Crippen molar-refractivity contribution < 1.29 is 9.37 Å². The molecular formula is C23H28N7O+. The van der Waals surface area contributed by atoms with Crippen LogP contribution in [0.5, 0.6) is 0 Å². The predicted octanol–water partition coefficient (Wildman–Crippen LogP) is 1.43. The minimum Gasteiger partial charge on any atom is -0.345 e. The summed E-state index contributed by atoms with van der Waals surface area (Å²) in [6, 6.07) is -0.384. The number of nitrogens with zero attached hydrogens (tertiary/aromatic N) is 6. The third kappa shape index (κ3) is 3.28. The first-order chi connectivity index (χ1) is 15.0. The van der Waals surface area contributed by atoms with E-state index >= 15 is 0 Å². The fraction of sp³-hybridized carbons (Fsp3) is 0.565. The molecule has 8 nitrogen and oxygen atoms in total. The van der Waals surface area contributed by atoms with E-state index < -0.39 is 6.04 Å². The molecule has 1 saturated heterocycles. The van der Waals surface area contributed by atoms with Crippen molar-refractivity contribution >= 4 is 30.1 Å². The van der Waals surface area contributed by atoms with E-state index in [1.54, 1.807) is 6.34 Å². The highest BCUT2D eigenvalue weighted by molar-refractivity contribution is 6.03. The Hall–Kier alpha value is -2.90. The van der Waals surface area contributed by atoms with Gasteiger partial charge in [-0.15, -0.1) is 0 Å². The number of aryl methyl sites for hydroxylation is 1. The minimum atomic E-state index is -0.482. The zero-order valence-corrected chi connectivity index (χ0v) is 18.1. The molecule has 0 radical (unpaired) electrons. The molecule has 1 unspecified atom stereocenters. The molecule has 2 aliphatic carbocycles. The van der Waals surface area contributed by atoms with Crippen LogP contribution < -0.4 is 10.2 Å². The molecule has 1 aromatic rings. The number of allylic oxidation sites excluding steroid dienone is 1. The monoisotopic (exact) mass is 418 g/mol. The SMILES string of the molecule is CC1=NCC2=C1CC[C@H]2NC(=O)C1C=[N+](Cc2cnc(N3CC4(CC4)C3)nc2C)C=N1. The number of amides is 1.